The zero-order valence-corrected chi connectivity index (χ0v) is 23.4. The number of carbonyl (C=O) groups excluding carboxylic acids is 1. The summed E-state index contributed by atoms with van der Waals surface area (Å²) < 4.78 is 129. The van der Waals surface area contributed by atoms with Gasteiger partial charge in [0.1, 0.15) is 0 Å². The number of hydrogen-bond acceptors (Lipinski definition) is 4. The average molecular weight is 626 g/mol. The monoisotopic (exact) mass is 625 g/mol. The SMILES string of the molecule is Cc1cc2c(c(C)c1C(F)(F)F)N(C(=O)OC(C)C)CCCC2N(Cc1cc(C(F)(F)F)cc(C(F)(F)F)c1)C(=N)N=N. The first-order chi connectivity index (χ1) is 19.7. The van der Waals surface area contributed by atoms with E-state index in [9.17, 15) is 44.3 Å². The van der Waals surface area contributed by atoms with Gasteiger partial charge in [-0.1, -0.05) is 6.07 Å². The van der Waals surface area contributed by atoms with Crippen molar-refractivity contribution in [3.05, 3.63) is 63.2 Å². The van der Waals surface area contributed by atoms with Gasteiger partial charge in [-0.05, 0) is 81.0 Å². The van der Waals surface area contributed by atoms with Crippen LogP contribution in [0.15, 0.2) is 29.4 Å². The van der Waals surface area contributed by atoms with Gasteiger partial charge >= 0.3 is 24.6 Å². The summed E-state index contributed by atoms with van der Waals surface area (Å²) in [5, 5.41) is 11.3. The van der Waals surface area contributed by atoms with Gasteiger partial charge in [0.25, 0.3) is 0 Å². The third kappa shape index (κ3) is 7.39. The molecule has 16 heteroatoms. The lowest BCUT2D eigenvalue weighted by molar-refractivity contribution is -0.143. The highest BCUT2D eigenvalue weighted by atomic mass is 19.4. The summed E-state index contributed by atoms with van der Waals surface area (Å²) >= 11 is 0. The minimum Gasteiger partial charge on any atom is -0.446 e. The van der Waals surface area contributed by atoms with Crippen molar-refractivity contribution in [2.24, 2.45) is 5.11 Å². The molecule has 2 aromatic rings. The second kappa shape index (κ2) is 12.0. The Hall–Kier alpha value is -3.85. The van der Waals surface area contributed by atoms with E-state index in [0.29, 0.717) is 12.1 Å². The zero-order valence-electron chi connectivity index (χ0n) is 23.4. The molecule has 1 unspecified atom stereocenters. The molecule has 0 bridgehead atoms. The number of halogens is 9. The van der Waals surface area contributed by atoms with E-state index in [1.54, 1.807) is 0 Å². The molecule has 1 aliphatic heterocycles. The van der Waals surface area contributed by atoms with Gasteiger partial charge in [0.05, 0.1) is 34.5 Å². The van der Waals surface area contributed by atoms with Crippen LogP contribution in [0, 0.1) is 24.8 Å². The lowest BCUT2D eigenvalue weighted by Crippen LogP contribution is -2.36. The Balaban J connectivity index is 2.28. The lowest BCUT2D eigenvalue weighted by atomic mass is 9.90. The standard InChI is InChI=1S/C27H28F9N5O2/c1-13(2)43-24(42)40-7-5-6-20(19-8-14(3)21(27(34,35)36)15(4)22(19)40)41(23(37)39-38)12-16-9-17(25(28,29)30)11-18(10-16)26(31,32)33/h8-11,13,20,37-38H,5-7,12H2,1-4H3. The molecule has 2 aromatic carbocycles. The molecule has 2 N–H and O–H groups in total. The van der Waals surface area contributed by atoms with Crippen molar-refractivity contribution in [3.8, 4) is 0 Å². The number of amides is 1. The minimum atomic E-state index is -5.15. The number of alkyl halides is 9. The molecular weight excluding hydrogens is 597 g/mol. The van der Waals surface area contributed by atoms with Crippen molar-refractivity contribution < 1.29 is 49.0 Å². The van der Waals surface area contributed by atoms with E-state index in [0.717, 1.165) is 22.8 Å². The van der Waals surface area contributed by atoms with Crippen LogP contribution in [-0.4, -0.2) is 29.6 Å². The first kappa shape index (κ1) is 33.6. The van der Waals surface area contributed by atoms with Crippen LogP contribution in [0.3, 0.4) is 0 Å². The summed E-state index contributed by atoms with van der Waals surface area (Å²) in [6.07, 6.45) is -16.7. The molecule has 1 heterocycles. The molecule has 3 rings (SSSR count). The molecule has 0 spiro atoms. The van der Waals surface area contributed by atoms with E-state index in [1.165, 1.54) is 20.8 Å². The molecule has 0 aromatic heterocycles. The summed E-state index contributed by atoms with van der Waals surface area (Å²) in [7, 11) is 0. The Morgan fingerprint density at radius 3 is 2.02 bits per heavy atom. The zero-order chi connectivity index (χ0) is 32.7. The topological polar surface area (TPSA) is 92.8 Å². The van der Waals surface area contributed by atoms with Gasteiger partial charge in [-0.3, -0.25) is 10.3 Å². The number of hydrogen-bond donors (Lipinski definition) is 2. The fourth-order valence-corrected chi connectivity index (χ4v) is 5.24. The molecule has 43 heavy (non-hydrogen) atoms. The predicted molar refractivity (Wildman–Crippen MR) is 137 cm³/mol. The highest BCUT2D eigenvalue weighted by Crippen LogP contribution is 2.46. The fourth-order valence-electron chi connectivity index (χ4n) is 5.24. The molecule has 1 atom stereocenters. The predicted octanol–water partition coefficient (Wildman–Crippen LogP) is 9.01. The largest absolute Gasteiger partial charge is 0.446 e. The number of anilines is 1. The average Bonchev–Trinajstić information content (AvgIpc) is 3.04. The number of fused-ring (bicyclic) bond motifs is 1. The summed E-state index contributed by atoms with van der Waals surface area (Å²) in [5.41, 5.74) is 1.84. The van der Waals surface area contributed by atoms with Gasteiger partial charge in [0.2, 0.25) is 5.96 Å². The summed E-state index contributed by atoms with van der Waals surface area (Å²) in [4.78, 5) is 15.0. The van der Waals surface area contributed by atoms with E-state index in [1.807, 2.05) is 0 Å². The van der Waals surface area contributed by atoms with Gasteiger partial charge in [-0.15, -0.1) is 5.11 Å². The number of benzene rings is 2. The van der Waals surface area contributed by atoms with Crippen molar-refractivity contribution >= 4 is 17.7 Å². The number of carbonyl (C=O) groups is 1. The minimum absolute atomic E-state index is 0.00824. The number of rotatable bonds is 4. The number of aryl methyl sites for hydroxylation is 1. The van der Waals surface area contributed by atoms with E-state index < -0.39 is 71.5 Å². The lowest BCUT2D eigenvalue weighted by Gasteiger charge is -2.34. The van der Waals surface area contributed by atoms with Crippen LogP contribution in [0.4, 0.5) is 50.0 Å². The molecule has 0 aliphatic carbocycles. The van der Waals surface area contributed by atoms with E-state index >= 15 is 0 Å². The van der Waals surface area contributed by atoms with Crippen LogP contribution in [0.5, 0.6) is 0 Å². The van der Waals surface area contributed by atoms with Crippen molar-refractivity contribution in [3.63, 3.8) is 0 Å². The van der Waals surface area contributed by atoms with Crippen LogP contribution >= 0.6 is 0 Å². The molecule has 0 saturated heterocycles. The third-order valence-corrected chi connectivity index (χ3v) is 6.85. The molecule has 0 radical (unpaired) electrons. The van der Waals surface area contributed by atoms with Crippen LogP contribution in [0.25, 0.3) is 0 Å². The van der Waals surface area contributed by atoms with Crippen LogP contribution < -0.4 is 4.90 Å². The maximum atomic E-state index is 14.1. The highest BCUT2D eigenvalue weighted by Gasteiger charge is 2.41. The first-order valence-electron chi connectivity index (χ1n) is 12.9. The Morgan fingerprint density at radius 1 is 1.00 bits per heavy atom. The maximum absolute atomic E-state index is 14.1. The number of ether oxygens (including phenoxy) is 1. The Bertz CT molecular complexity index is 1370. The molecule has 7 nitrogen and oxygen atoms in total. The first-order valence-corrected chi connectivity index (χ1v) is 12.9. The van der Waals surface area contributed by atoms with Crippen LogP contribution in [0.1, 0.15) is 71.7 Å². The van der Waals surface area contributed by atoms with Crippen molar-refractivity contribution in [1.82, 2.24) is 4.90 Å². The Labute approximate surface area is 240 Å². The number of nitrogens with zero attached hydrogens (tertiary/aromatic N) is 3. The number of nitrogens with one attached hydrogen (secondary N) is 2. The maximum Gasteiger partial charge on any atom is 0.416 e. The molecule has 0 saturated carbocycles. The van der Waals surface area contributed by atoms with Crippen molar-refractivity contribution in [1.29, 1.82) is 10.9 Å². The summed E-state index contributed by atoms with van der Waals surface area (Å²) in [5.74, 6) is -0.865. The molecule has 1 aliphatic rings. The third-order valence-electron chi connectivity index (χ3n) is 6.85. The van der Waals surface area contributed by atoms with E-state index in [2.05, 4.69) is 5.11 Å². The van der Waals surface area contributed by atoms with Gasteiger partial charge < -0.3 is 9.64 Å². The van der Waals surface area contributed by atoms with Gasteiger partial charge in [-0.25, -0.2) is 10.3 Å². The summed E-state index contributed by atoms with van der Waals surface area (Å²) in [6.45, 7) is 4.45. The fraction of sp³-hybridized carbons (Fsp3) is 0.481. The molecule has 0 fully saturated rings. The smallest absolute Gasteiger partial charge is 0.416 e. The molecule has 236 valence electrons. The quantitative estimate of drug-likeness (QED) is 0.154. The van der Waals surface area contributed by atoms with Crippen molar-refractivity contribution in [2.45, 2.75) is 77.8 Å². The van der Waals surface area contributed by atoms with Crippen LogP contribution in [0.2, 0.25) is 0 Å². The summed E-state index contributed by atoms with van der Waals surface area (Å²) in [6, 6.07) is 0.823. The van der Waals surface area contributed by atoms with E-state index in [4.69, 9.17) is 15.7 Å². The Morgan fingerprint density at radius 2 is 1.56 bits per heavy atom. The van der Waals surface area contributed by atoms with Gasteiger partial charge in [0, 0.05) is 13.1 Å². The Kier molecular flexibility index (Phi) is 9.42. The van der Waals surface area contributed by atoms with E-state index in [-0.39, 0.29) is 47.8 Å². The number of guanidine groups is 1. The second-order valence-electron chi connectivity index (χ2n) is 10.3. The van der Waals surface area contributed by atoms with Crippen molar-refractivity contribution in [2.75, 3.05) is 11.4 Å². The van der Waals surface area contributed by atoms with Gasteiger partial charge in [0.15, 0.2) is 0 Å². The second-order valence-corrected chi connectivity index (χ2v) is 10.3. The molecule has 1 amide bonds. The van der Waals surface area contributed by atoms with Crippen LogP contribution in [-0.2, 0) is 29.8 Å². The van der Waals surface area contributed by atoms with Gasteiger partial charge in [-0.2, -0.15) is 39.5 Å². The highest BCUT2D eigenvalue weighted by molar-refractivity contribution is 5.91. The molecular formula is C27H28F9N5O2. The normalized spacial score (nSPS) is 16.0.